The van der Waals surface area contributed by atoms with Crippen LogP contribution in [0.15, 0.2) is 0 Å². The van der Waals surface area contributed by atoms with Gasteiger partial charge in [-0.05, 0) is 23.6 Å². The molecule has 98 valence electrons. The quantitative estimate of drug-likeness (QED) is 0.376. The summed E-state index contributed by atoms with van der Waals surface area (Å²) in [6, 6.07) is 0. The number of aliphatic hydroxyl groups excluding tert-OH is 1. The lowest BCUT2D eigenvalue weighted by Gasteiger charge is -2.07. The van der Waals surface area contributed by atoms with Crippen LogP contribution < -0.4 is 0 Å². The Balaban J connectivity index is 3.31. The van der Waals surface area contributed by atoms with Gasteiger partial charge in [-0.25, -0.2) is 8.42 Å². The zero-order valence-corrected chi connectivity index (χ0v) is 11.9. The first-order chi connectivity index (χ1) is 7.45. The van der Waals surface area contributed by atoms with Gasteiger partial charge in [0.25, 0.3) is 0 Å². The van der Waals surface area contributed by atoms with E-state index in [1.807, 2.05) is 0 Å². The summed E-state index contributed by atoms with van der Waals surface area (Å²) in [6.07, 6.45) is 9.99. The molecule has 0 saturated carbocycles. The maximum atomic E-state index is 10.9. The Bertz CT molecular complexity index is 250. The average molecular weight is 268 g/mol. The Hall–Kier alpha value is 0.260. The van der Waals surface area contributed by atoms with Crippen LogP contribution in [0.2, 0.25) is 0 Å². The molecule has 0 heterocycles. The standard InChI is InChI=1S/C11H24O3S2/c1-3-4-5-6-7-8-9-10-11(12)15-16(2,13)14/h11-12H,3-10H2,1-2H3. The van der Waals surface area contributed by atoms with Gasteiger partial charge in [-0.3, -0.25) is 0 Å². The first-order valence-electron chi connectivity index (χ1n) is 6.02. The molecule has 0 bridgehead atoms. The third kappa shape index (κ3) is 12.3. The van der Waals surface area contributed by atoms with Crippen molar-refractivity contribution in [1.82, 2.24) is 0 Å². The van der Waals surface area contributed by atoms with Crippen molar-refractivity contribution in [2.24, 2.45) is 0 Å². The first-order valence-corrected chi connectivity index (χ1v) is 9.31. The minimum atomic E-state index is -3.11. The molecule has 0 saturated heterocycles. The third-order valence-corrected chi connectivity index (χ3v) is 4.86. The molecule has 0 aromatic heterocycles. The Morgan fingerprint density at radius 3 is 2.06 bits per heavy atom. The van der Waals surface area contributed by atoms with Crippen LogP contribution in [0, 0.1) is 0 Å². The molecule has 0 radical (unpaired) electrons. The number of hydrogen-bond donors (Lipinski definition) is 1. The lowest BCUT2D eigenvalue weighted by atomic mass is 10.1. The van der Waals surface area contributed by atoms with Crippen LogP contribution in [-0.2, 0) is 8.87 Å². The summed E-state index contributed by atoms with van der Waals surface area (Å²) in [5.74, 6) is 0. The summed E-state index contributed by atoms with van der Waals surface area (Å²) >= 11 is 0. The second-order valence-electron chi connectivity index (χ2n) is 4.16. The van der Waals surface area contributed by atoms with Crippen molar-refractivity contribution in [3.05, 3.63) is 0 Å². The molecule has 0 spiro atoms. The molecule has 0 aromatic rings. The van der Waals surface area contributed by atoms with E-state index >= 15 is 0 Å². The van der Waals surface area contributed by atoms with E-state index in [1.165, 1.54) is 32.1 Å². The zero-order valence-electron chi connectivity index (χ0n) is 10.3. The molecule has 0 aliphatic heterocycles. The molecule has 0 aromatic carbocycles. The van der Waals surface area contributed by atoms with Gasteiger partial charge in [0, 0.05) is 6.26 Å². The van der Waals surface area contributed by atoms with E-state index in [0.29, 0.717) is 17.2 Å². The van der Waals surface area contributed by atoms with Gasteiger partial charge >= 0.3 is 0 Å². The average Bonchev–Trinajstić information content (AvgIpc) is 2.13. The molecule has 1 atom stereocenters. The largest absolute Gasteiger partial charge is 0.381 e. The summed E-state index contributed by atoms with van der Waals surface area (Å²) in [5, 5.41) is 9.41. The van der Waals surface area contributed by atoms with Gasteiger partial charge in [-0.1, -0.05) is 45.4 Å². The highest BCUT2D eigenvalue weighted by Gasteiger charge is 2.12. The fraction of sp³-hybridized carbons (Fsp3) is 1.00. The van der Waals surface area contributed by atoms with E-state index < -0.39 is 14.3 Å². The monoisotopic (exact) mass is 268 g/mol. The summed E-state index contributed by atoms with van der Waals surface area (Å²) in [4.78, 5) is 0. The second-order valence-corrected chi connectivity index (χ2v) is 8.70. The highest BCUT2D eigenvalue weighted by atomic mass is 33.1. The van der Waals surface area contributed by atoms with Gasteiger partial charge in [0.1, 0.15) is 5.44 Å². The van der Waals surface area contributed by atoms with E-state index in [0.717, 1.165) is 19.1 Å². The normalized spacial score (nSPS) is 13.9. The smallest absolute Gasteiger partial charge is 0.201 e. The van der Waals surface area contributed by atoms with Crippen molar-refractivity contribution >= 4 is 19.7 Å². The van der Waals surface area contributed by atoms with Gasteiger partial charge in [0.2, 0.25) is 8.87 Å². The van der Waals surface area contributed by atoms with E-state index in [1.54, 1.807) is 0 Å². The van der Waals surface area contributed by atoms with E-state index in [-0.39, 0.29) is 0 Å². The zero-order chi connectivity index (χ0) is 12.4. The van der Waals surface area contributed by atoms with E-state index in [9.17, 15) is 13.5 Å². The van der Waals surface area contributed by atoms with Gasteiger partial charge in [0.05, 0.1) is 0 Å². The third-order valence-electron chi connectivity index (χ3n) is 2.34. The van der Waals surface area contributed by atoms with Crippen LogP contribution in [0.1, 0.15) is 58.3 Å². The van der Waals surface area contributed by atoms with E-state index in [4.69, 9.17) is 0 Å². The minimum absolute atomic E-state index is 0.575. The van der Waals surface area contributed by atoms with Gasteiger partial charge < -0.3 is 5.11 Å². The fourth-order valence-corrected chi connectivity index (χ4v) is 3.69. The van der Waals surface area contributed by atoms with Crippen molar-refractivity contribution in [3.63, 3.8) is 0 Å². The lowest BCUT2D eigenvalue weighted by Crippen LogP contribution is -2.04. The predicted octanol–water partition coefficient (Wildman–Crippen LogP) is 3.14. The van der Waals surface area contributed by atoms with Crippen molar-refractivity contribution < 1.29 is 13.5 Å². The molecule has 0 aliphatic carbocycles. The maximum absolute atomic E-state index is 10.9. The molecular weight excluding hydrogens is 244 g/mol. The predicted molar refractivity (Wildman–Crippen MR) is 71.1 cm³/mol. The number of rotatable bonds is 10. The number of unbranched alkanes of at least 4 members (excludes halogenated alkanes) is 6. The molecular formula is C11H24O3S2. The molecule has 16 heavy (non-hydrogen) atoms. The summed E-state index contributed by atoms with van der Waals surface area (Å²) in [5.41, 5.74) is -0.759. The van der Waals surface area contributed by atoms with Crippen LogP contribution in [0.25, 0.3) is 0 Å². The SMILES string of the molecule is CCCCCCCCCC(O)SS(C)(=O)=O. The molecule has 0 amide bonds. The Kier molecular flexibility index (Phi) is 9.46. The van der Waals surface area contributed by atoms with Crippen LogP contribution in [0.3, 0.4) is 0 Å². The highest BCUT2D eigenvalue weighted by Crippen LogP contribution is 2.20. The van der Waals surface area contributed by atoms with Crippen LogP contribution in [-0.4, -0.2) is 25.2 Å². The molecule has 1 unspecified atom stereocenters. The van der Waals surface area contributed by atoms with Crippen LogP contribution in [0.4, 0.5) is 0 Å². The maximum Gasteiger partial charge on any atom is 0.201 e. The molecule has 1 N–H and O–H groups in total. The summed E-state index contributed by atoms with van der Waals surface area (Å²) < 4.78 is 21.7. The lowest BCUT2D eigenvalue weighted by molar-refractivity contribution is 0.248. The van der Waals surface area contributed by atoms with Gasteiger partial charge in [-0.15, -0.1) is 0 Å². The van der Waals surface area contributed by atoms with E-state index in [2.05, 4.69) is 6.92 Å². The summed E-state index contributed by atoms with van der Waals surface area (Å²) in [6.45, 7) is 2.19. The minimum Gasteiger partial charge on any atom is -0.381 e. The van der Waals surface area contributed by atoms with Crippen molar-refractivity contribution in [3.8, 4) is 0 Å². The second kappa shape index (κ2) is 9.31. The van der Waals surface area contributed by atoms with Gasteiger partial charge in [-0.2, -0.15) is 0 Å². The first kappa shape index (κ1) is 16.3. The Morgan fingerprint density at radius 2 is 1.56 bits per heavy atom. The fourth-order valence-electron chi connectivity index (χ4n) is 1.53. The molecule has 0 fully saturated rings. The molecule has 0 aliphatic rings. The topological polar surface area (TPSA) is 54.4 Å². The number of aliphatic hydroxyl groups is 1. The summed E-state index contributed by atoms with van der Waals surface area (Å²) in [7, 11) is -2.45. The van der Waals surface area contributed by atoms with Crippen LogP contribution in [0.5, 0.6) is 0 Å². The van der Waals surface area contributed by atoms with Crippen molar-refractivity contribution in [2.75, 3.05) is 6.26 Å². The van der Waals surface area contributed by atoms with Crippen molar-refractivity contribution in [1.29, 1.82) is 0 Å². The van der Waals surface area contributed by atoms with Crippen molar-refractivity contribution in [2.45, 2.75) is 63.7 Å². The molecule has 0 rings (SSSR count). The highest BCUT2D eigenvalue weighted by molar-refractivity contribution is 8.71. The Labute approximate surface area is 103 Å². The van der Waals surface area contributed by atoms with Crippen LogP contribution >= 0.6 is 10.8 Å². The van der Waals surface area contributed by atoms with Gasteiger partial charge in [0.15, 0.2) is 0 Å². The number of hydrogen-bond acceptors (Lipinski definition) is 4. The molecule has 3 nitrogen and oxygen atoms in total. The Morgan fingerprint density at radius 1 is 1.06 bits per heavy atom. The molecule has 5 heteroatoms.